The topological polar surface area (TPSA) is 120 Å². The maximum Gasteiger partial charge on any atom is 0.248 e. The summed E-state index contributed by atoms with van der Waals surface area (Å²) in [5.41, 5.74) is 9.49. The summed E-state index contributed by atoms with van der Waals surface area (Å²) in [5.74, 6) is -0.511. The summed E-state index contributed by atoms with van der Waals surface area (Å²) in [6.07, 6.45) is -1.77. The number of aromatic amines is 1. The van der Waals surface area contributed by atoms with Crippen LogP contribution in [0.4, 0.5) is 4.39 Å². The Morgan fingerprint density at radius 3 is 2.37 bits per heavy atom. The Bertz CT molecular complexity index is 1400. The lowest BCUT2D eigenvalue weighted by Crippen LogP contribution is -2.34. The molecule has 0 radical (unpaired) electrons. The second-order valence-corrected chi connectivity index (χ2v) is 8.72. The number of amides is 1. The van der Waals surface area contributed by atoms with Crippen molar-refractivity contribution in [2.24, 2.45) is 5.73 Å². The normalized spacial score (nSPS) is 23.5. The van der Waals surface area contributed by atoms with E-state index in [2.05, 4.69) is 9.97 Å². The van der Waals surface area contributed by atoms with Crippen molar-refractivity contribution in [1.29, 1.82) is 0 Å². The molecule has 2 aromatic carbocycles. The maximum absolute atomic E-state index is 14.9. The minimum atomic E-state index is -0.657. The van der Waals surface area contributed by atoms with E-state index in [4.69, 9.17) is 19.9 Å². The number of carbonyl (C=O) groups excluding carboxylic acids is 1. The minimum Gasteiger partial charge on any atom is -0.470 e. The Kier molecular flexibility index (Phi) is 5.25. The smallest absolute Gasteiger partial charge is 0.248 e. The van der Waals surface area contributed by atoms with E-state index in [1.807, 2.05) is 24.3 Å². The SMILES string of the molecule is NC(=O)c1ccc(-c2ccc(-c3nc4cc(O[C@@H]5COC6C5OC[C@H]6O)[nH]c4cc3F)cc2)cc1. The van der Waals surface area contributed by atoms with Crippen LogP contribution in [0.3, 0.4) is 0 Å². The van der Waals surface area contributed by atoms with Crippen molar-refractivity contribution in [3.8, 4) is 28.3 Å². The quantitative estimate of drug-likeness (QED) is 0.408. The molecular formula is C26H22FN3O5. The summed E-state index contributed by atoms with van der Waals surface area (Å²) >= 11 is 0. The summed E-state index contributed by atoms with van der Waals surface area (Å²) < 4.78 is 32.1. The average molecular weight is 475 g/mol. The largest absolute Gasteiger partial charge is 0.470 e. The number of benzene rings is 2. The zero-order valence-corrected chi connectivity index (χ0v) is 18.5. The van der Waals surface area contributed by atoms with Crippen LogP contribution in [-0.4, -0.2) is 58.6 Å². The molecule has 4 aromatic rings. The van der Waals surface area contributed by atoms with Gasteiger partial charge in [-0.2, -0.15) is 0 Å². The molecule has 0 saturated carbocycles. The van der Waals surface area contributed by atoms with Gasteiger partial charge >= 0.3 is 0 Å². The number of nitrogens with one attached hydrogen (secondary N) is 1. The number of hydrogen-bond acceptors (Lipinski definition) is 6. The Morgan fingerprint density at radius 1 is 1.00 bits per heavy atom. The maximum atomic E-state index is 14.9. The van der Waals surface area contributed by atoms with Gasteiger partial charge in [-0.1, -0.05) is 36.4 Å². The molecular weight excluding hydrogens is 453 g/mol. The zero-order valence-electron chi connectivity index (χ0n) is 18.5. The Labute approximate surface area is 199 Å². The summed E-state index contributed by atoms with van der Waals surface area (Å²) in [5, 5.41) is 9.90. The molecule has 8 nitrogen and oxygen atoms in total. The highest BCUT2D eigenvalue weighted by atomic mass is 19.1. The minimum absolute atomic E-state index is 0.218. The monoisotopic (exact) mass is 475 g/mol. The molecule has 4 N–H and O–H groups in total. The molecule has 35 heavy (non-hydrogen) atoms. The van der Waals surface area contributed by atoms with E-state index >= 15 is 0 Å². The van der Waals surface area contributed by atoms with Crippen molar-refractivity contribution in [3.63, 3.8) is 0 Å². The van der Waals surface area contributed by atoms with Crippen LogP contribution in [0.15, 0.2) is 60.7 Å². The second-order valence-electron chi connectivity index (χ2n) is 8.72. The highest BCUT2D eigenvalue weighted by Crippen LogP contribution is 2.32. The number of H-pyrrole nitrogens is 1. The van der Waals surface area contributed by atoms with E-state index in [1.165, 1.54) is 6.07 Å². The van der Waals surface area contributed by atoms with Gasteiger partial charge in [-0.3, -0.25) is 4.79 Å². The lowest BCUT2D eigenvalue weighted by molar-refractivity contribution is 0.00794. The number of halogens is 1. The van der Waals surface area contributed by atoms with Crippen molar-refractivity contribution >= 4 is 16.9 Å². The Morgan fingerprint density at radius 2 is 1.66 bits per heavy atom. The van der Waals surface area contributed by atoms with E-state index in [-0.39, 0.29) is 24.5 Å². The molecule has 2 aliphatic heterocycles. The van der Waals surface area contributed by atoms with Crippen molar-refractivity contribution in [3.05, 3.63) is 72.0 Å². The number of pyridine rings is 1. The van der Waals surface area contributed by atoms with Crippen LogP contribution in [0.25, 0.3) is 33.4 Å². The van der Waals surface area contributed by atoms with Crippen molar-refractivity contribution in [1.82, 2.24) is 9.97 Å². The molecule has 4 heterocycles. The molecule has 2 fully saturated rings. The molecule has 2 aromatic heterocycles. The highest BCUT2D eigenvalue weighted by molar-refractivity contribution is 5.93. The summed E-state index contributed by atoms with van der Waals surface area (Å²) in [6, 6.07) is 17.4. The van der Waals surface area contributed by atoms with Crippen LogP contribution >= 0.6 is 0 Å². The van der Waals surface area contributed by atoms with Gasteiger partial charge in [-0.15, -0.1) is 0 Å². The molecule has 2 aliphatic rings. The van der Waals surface area contributed by atoms with E-state index in [0.29, 0.717) is 34.6 Å². The number of nitrogens with zero attached hydrogens (tertiary/aromatic N) is 1. The van der Waals surface area contributed by atoms with Gasteiger partial charge in [0.15, 0.2) is 17.8 Å². The molecule has 4 atom stereocenters. The lowest BCUT2D eigenvalue weighted by Gasteiger charge is -2.16. The predicted molar refractivity (Wildman–Crippen MR) is 125 cm³/mol. The molecule has 2 saturated heterocycles. The van der Waals surface area contributed by atoms with Gasteiger partial charge in [-0.05, 0) is 23.3 Å². The fourth-order valence-corrected chi connectivity index (χ4v) is 4.63. The standard InChI is InChI=1S/C26H22FN3O5/c27-17-9-18-19(10-22(29-18)35-21-12-34-24-20(31)11-33-25(21)24)30-23(17)15-5-1-13(2-6-15)14-3-7-16(8-4-14)26(28)32/h1-10,20-21,24-25,29,31H,11-12H2,(H2,28,32)/t20-,21-,24?,25?/m1/s1. The third-order valence-electron chi connectivity index (χ3n) is 6.45. The first kappa shape index (κ1) is 21.7. The predicted octanol–water partition coefficient (Wildman–Crippen LogP) is 3.04. The number of fused-ring (bicyclic) bond motifs is 2. The number of carbonyl (C=O) groups is 1. The van der Waals surface area contributed by atoms with Crippen LogP contribution in [0.1, 0.15) is 10.4 Å². The second kappa shape index (κ2) is 8.46. The molecule has 0 spiro atoms. The third-order valence-corrected chi connectivity index (χ3v) is 6.45. The number of nitrogens with two attached hydrogens (primary N) is 1. The fraction of sp³-hybridized carbons (Fsp3) is 0.231. The van der Waals surface area contributed by atoms with Crippen LogP contribution < -0.4 is 10.5 Å². The lowest BCUT2D eigenvalue weighted by atomic mass is 10.0. The van der Waals surface area contributed by atoms with Crippen molar-refractivity contribution in [2.75, 3.05) is 13.2 Å². The van der Waals surface area contributed by atoms with Crippen LogP contribution in [0.2, 0.25) is 0 Å². The van der Waals surface area contributed by atoms with Gasteiger partial charge in [0.1, 0.15) is 24.0 Å². The van der Waals surface area contributed by atoms with E-state index < -0.39 is 23.9 Å². The first-order valence-corrected chi connectivity index (χ1v) is 11.2. The average Bonchev–Trinajstić information content (AvgIpc) is 3.55. The molecule has 0 aliphatic carbocycles. The number of aromatic nitrogens is 2. The van der Waals surface area contributed by atoms with Gasteiger partial charge in [-0.25, -0.2) is 9.37 Å². The molecule has 2 unspecified atom stereocenters. The number of hydrogen-bond donors (Lipinski definition) is 3. The summed E-state index contributed by atoms with van der Waals surface area (Å²) in [4.78, 5) is 18.8. The number of aliphatic hydroxyl groups excluding tert-OH is 1. The summed E-state index contributed by atoms with van der Waals surface area (Å²) in [7, 11) is 0. The summed E-state index contributed by atoms with van der Waals surface area (Å²) in [6.45, 7) is 0.516. The van der Waals surface area contributed by atoms with Crippen molar-refractivity contribution in [2.45, 2.75) is 24.4 Å². The highest BCUT2D eigenvalue weighted by Gasteiger charge is 2.48. The van der Waals surface area contributed by atoms with Gasteiger partial charge in [0.05, 0.1) is 24.2 Å². The number of rotatable bonds is 5. The van der Waals surface area contributed by atoms with Gasteiger partial charge < -0.3 is 30.0 Å². The van der Waals surface area contributed by atoms with Crippen LogP contribution in [0, 0.1) is 5.82 Å². The first-order chi connectivity index (χ1) is 17.0. The van der Waals surface area contributed by atoms with E-state index in [9.17, 15) is 14.3 Å². The number of ether oxygens (including phenoxy) is 3. The molecule has 178 valence electrons. The number of aliphatic hydroxyl groups is 1. The molecule has 9 heteroatoms. The van der Waals surface area contributed by atoms with Crippen molar-refractivity contribution < 1.29 is 28.5 Å². The van der Waals surface area contributed by atoms with Crippen LogP contribution in [-0.2, 0) is 9.47 Å². The first-order valence-electron chi connectivity index (χ1n) is 11.2. The van der Waals surface area contributed by atoms with Crippen LogP contribution in [0.5, 0.6) is 5.88 Å². The molecule has 6 rings (SSSR count). The number of primary amides is 1. The van der Waals surface area contributed by atoms with Gasteiger partial charge in [0, 0.05) is 23.3 Å². The fourth-order valence-electron chi connectivity index (χ4n) is 4.63. The Hall–Kier alpha value is -3.79. The van der Waals surface area contributed by atoms with Gasteiger partial charge in [0.25, 0.3) is 0 Å². The van der Waals surface area contributed by atoms with Gasteiger partial charge in [0.2, 0.25) is 5.91 Å². The van der Waals surface area contributed by atoms with E-state index in [0.717, 1.165) is 11.1 Å². The third kappa shape index (κ3) is 3.93. The Balaban J connectivity index is 1.23. The zero-order chi connectivity index (χ0) is 24.1. The van der Waals surface area contributed by atoms with E-state index in [1.54, 1.807) is 30.3 Å². The molecule has 1 amide bonds. The molecule has 0 bridgehead atoms.